The zero-order valence-corrected chi connectivity index (χ0v) is 17.7. The molecule has 1 N–H and O–H groups in total. The molecule has 1 unspecified atom stereocenters. The maximum atomic E-state index is 12.6. The van der Waals surface area contributed by atoms with Gasteiger partial charge in [0, 0.05) is 18.5 Å². The third-order valence-electron chi connectivity index (χ3n) is 3.98. The van der Waals surface area contributed by atoms with Crippen LogP contribution in [0.1, 0.15) is 40.5 Å². The molecule has 2 heterocycles. The highest BCUT2D eigenvalue weighted by molar-refractivity contribution is 8.01. The molecule has 8 nitrogen and oxygen atoms in total. The van der Waals surface area contributed by atoms with E-state index in [2.05, 4.69) is 15.5 Å². The van der Waals surface area contributed by atoms with Crippen LogP contribution in [-0.2, 0) is 19.1 Å². The molecule has 0 aromatic carbocycles. The van der Waals surface area contributed by atoms with Gasteiger partial charge in [0.15, 0.2) is 4.34 Å². The van der Waals surface area contributed by atoms with Crippen LogP contribution >= 0.6 is 23.1 Å². The van der Waals surface area contributed by atoms with E-state index in [1.165, 1.54) is 23.1 Å². The smallest absolute Gasteiger partial charge is 0.316 e. The Morgan fingerprint density at radius 1 is 1.33 bits per heavy atom. The van der Waals surface area contributed by atoms with E-state index in [-0.39, 0.29) is 29.5 Å². The predicted octanol–water partition coefficient (Wildman–Crippen LogP) is 2.42. The minimum absolute atomic E-state index is 0.0635. The van der Waals surface area contributed by atoms with Crippen molar-refractivity contribution < 1.29 is 19.1 Å². The van der Waals surface area contributed by atoms with E-state index in [1.54, 1.807) is 11.8 Å². The summed E-state index contributed by atoms with van der Waals surface area (Å²) in [5.41, 5.74) is -0.456. The molecule has 0 aliphatic carbocycles. The van der Waals surface area contributed by atoms with E-state index >= 15 is 0 Å². The molecule has 1 saturated heterocycles. The van der Waals surface area contributed by atoms with Crippen LogP contribution in [0.5, 0.6) is 0 Å². The van der Waals surface area contributed by atoms with Crippen molar-refractivity contribution in [3.8, 4) is 0 Å². The third kappa shape index (κ3) is 6.46. The summed E-state index contributed by atoms with van der Waals surface area (Å²) in [7, 11) is 0. The first-order valence-corrected chi connectivity index (χ1v) is 10.7. The molecule has 1 fully saturated rings. The van der Waals surface area contributed by atoms with Gasteiger partial charge in [-0.15, -0.1) is 10.2 Å². The number of ether oxygens (including phenoxy) is 1. The number of hydrogen-bond acceptors (Lipinski definition) is 8. The number of anilines is 1. The number of nitrogens with one attached hydrogen (secondary N) is 1. The molecule has 2 rings (SSSR count). The number of rotatable bonds is 6. The number of thioether (sulfide) groups is 1. The molecule has 1 aromatic heterocycles. The molecule has 0 radical (unpaired) electrons. The van der Waals surface area contributed by atoms with Crippen LogP contribution in [0.15, 0.2) is 4.34 Å². The number of nitrogens with zero attached hydrogens (tertiary/aromatic N) is 3. The van der Waals surface area contributed by atoms with Crippen LogP contribution in [0.3, 0.4) is 0 Å². The maximum Gasteiger partial charge on any atom is 0.316 e. The Morgan fingerprint density at radius 3 is 2.74 bits per heavy atom. The third-order valence-corrected chi connectivity index (χ3v) is 5.92. The second kappa shape index (κ2) is 9.50. The number of esters is 1. The summed E-state index contributed by atoms with van der Waals surface area (Å²) < 4.78 is 5.45. The van der Waals surface area contributed by atoms with Gasteiger partial charge in [0.1, 0.15) is 0 Å². The zero-order chi connectivity index (χ0) is 20.0. The SMILES string of the molecule is CCOC(=O)CSc1nnc(NC(=O)C2CCCN(C(=O)C(C)(C)C)C2)s1. The van der Waals surface area contributed by atoms with Crippen molar-refractivity contribution in [1.29, 1.82) is 0 Å². The fraction of sp³-hybridized carbons (Fsp3) is 0.706. The Labute approximate surface area is 167 Å². The Kier molecular flexibility index (Phi) is 7.60. The molecule has 10 heteroatoms. The normalized spacial score (nSPS) is 17.5. The van der Waals surface area contributed by atoms with Gasteiger partial charge >= 0.3 is 5.97 Å². The summed E-state index contributed by atoms with van der Waals surface area (Å²) in [4.78, 5) is 38.2. The number of hydrogen-bond donors (Lipinski definition) is 1. The minimum atomic E-state index is -0.456. The summed E-state index contributed by atoms with van der Waals surface area (Å²) >= 11 is 2.44. The molecule has 2 amide bonds. The molecule has 1 aliphatic heterocycles. The first kappa shape index (κ1) is 21.6. The van der Waals surface area contributed by atoms with Crippen LogP contribution in [0, 0.1) is 11.3 Å². The predicted molar refractivity (Wildman–Crippen MR) is 105 cm³/mol. The monoisotopic (exact) mass is 414 g/mol. The van der Waals surface area contributed by atoms with Crippen molar-refractivity contribution in [2.45, 2.75) is 44.9 Å². The van der Waals surface area contributed by atoms with E-state index in [1.807, 2.05) is 20.8 Å². The lowest BCUT2D eigenvalue weighted by molar-refractivity contribution is -0.142. The molecule has 27 heavy (non-hydrogen) atoms. The molecule has 0 spiro atoms. The Balaban J connectivity index is 1.88. The average molecular weight is 415 g/mol. The number of amides is 2. The topological polar surface area (TPSA) is 101 Å². The quantitative estimate of drug-likeness (QED) is 0.433. The molecule has 1 atom stereocenters. The van der Waals surface area contributed by atoms with Crippen LogP contribution in [0.2, 0.25) is 0 Å². The van der Waals surface area contributed by atoms with Gasteiger partial charge < -0.3 is 15.0 Å². The van der Waals surface area contributed by atoms with Crippen LogP contribution < -0.4 is 5.32 Å². The summed E-state index contributed by atoms with van der Waals surface area (Å²) in [5, 5.41) is 11.1. The average Bonchev–Trinajstić information content (AvgIpc) is 3.06. The van der Waals surface area contributed by atoms with Gasteiger partial charge in [-0.3, -0.25) is 14.4 Å². The Hall–Kier alpha value is -1.68. The van der Waals surface area contributed by atoms with Gasteiger partial charge in [0.25, 0.3) is 0 Å². The van der Waals surface area contributed by atoms with Crippen molar-refractivity contribution in [2.75, 3.05) is 30.8 Å². The van der Waals surface area contributed by atoms with E-state index < -0.39 is 5.41 Å². The first-order valence-electron chi connectivity index (χ1n) is 8.93. The number of piperidine rings is 1. The number of carbonyl (C=O) groups excluding carboxylic acids is 3. The standard InChI is InChI=1S/C17H26N4O4S2/c1-5-25-12(22)10-26-16-20-19-15(27-16)18-13(23)11-7-6-8-21(9-11)14(24)17(2,3)4/h11H,5-10H2,1-4H3,(H,18,19,23). The lowest BCUT2D eigenvalue weighted by Crippen LogP contribution is -2.47. The number of aromatic nitrogens is 2. The van der Waals surface area contributed by atoms with Crippen molar-refractivity contribution in [3.05, 3.63) is 0 Å². The van der Waals surface area contributed by atoms with Crippen LogP contribution in [0.25, 0.3) is 0 Å². The van der Waals surface area contributed by atoms with Gasteiger partial charge in [0.05, 0.1) is 18.3 Å². The first-order chi connectivity index (χ1) is 12.7. The van der Waals surface area contributed by atoms with Crippen molar-refractivity contribution in [1.82, 2.24) is 15.1 Å². The highest BCUT2D eigenvalue weighted by Gasteiger charge is 2.33. The number of carbonyl (C=O) groups is 3. The Morgan fingerprint density at radius 2 is 2.07 bits per heavy atom. The zero-order valence-electron chi connectivity index (χ0n) is 16.1. The lowest BCUT2D eigenvalue weighted by Gasteiger charge is -2.35. The molecule has 0 bridgehead atoms. The van der Waals surface area contributed by atoms with E-state index in [0.717, 1.165) is 12.8 Å². The Bertz CT molecular complexity index is 687. The van der Waals surface area contributed by atoms with Crippen LogP contribution in [0.4, 0.5) is 5.13 Å². The second-order valence-electron chi connectivity index (χ2n) is 7.30. The van der Waals surface area contributed by atoms with Gasteiger partial charge in [0.2, 0.25) is 16.9 Å². The van der Waals surface area contributed by atoms with Gasteiger partial charge in [-0.25, -0.2) is 0 Å². The number of likely N-dealkylation sites (tertiary alicyclic amines) is 1. The molecule has 1 aromatic rings. The molecule has 150 valence electrons. The molecular weight excluding hydrogens is 388 g/mol. The largest absolute Gasteiger partial charge is 0.465 e. The summed E-state index contributed by atoms with van der Waals surface area (Å²) in [6, 6.07) is 0. The highest BCUT2D eigenvalue weighted by Crippen LogP contribution is 2.27. The molecule has 1 aliphatic rings. The van der Waals surface area contributed by atoms with Gasteiger partial charge in [-0.1, -0.05) is 43.9 Å². The highest BCUT2D eigenvalue weighted by atomic mass is 32.2. The van der Waals surface area contributed by atoms with Crippen molar-refractivity contribution in [2.24, 2.45) is 11.3 Å². The summed E-state index contributed by atoms with van der Waals surface area (Å²) in [6.45, 7) is 8.86. The second-order valence-corrected chi connectivity index (χ2v) is 9.50. The maximum absolute atomic E-state index is 12.6. The fourth-order valence-corrected chi connectivity index (χ4v) is 4.25. The summed E-state index contributed by atoms with van der Waals surface area (Å²) in [6.07, 6.45) is 1.54. The van der Waals surface area contributed by atoms with Crippen molar-refractivity contribution >= 4 is 46.0 Å². The van der Waals surface area contributed by atoms with Gasteiger partial charge in [-0.05, 0) is 19.8 Å². The molecule has 0 saturated carbocycles. The lowest BCUT2D eigenvalue weighted by atomic mass is 9.91. The summed E-state index contributed by atoms with van der Waals surface area (Å²) in [5.74, 6) is -0.505. The molecular formula is C17H26N4O4S2. The minimum Gasteiger partial charge on any atom is -0.465 e. The van der Waals surface area contributed by atoms with E-state index in [0.29, 0.717) is 29.2 Å². The van der Waals surface area contributed by atoms with Gasteiger partial charge in [-0.2, -0.15) is 0 Å². The van der Waals surface area contributed by atoms with Crippen LogP contribution in [-0.4, -0.2) is 58.3 Å². The van der Waals surface area contributed by atoms with Crippen molar-refractivity contribution in [3.63, 3.8) is 0 Å². The van der Waals surface area contributed by atoms with E-state index in [9.17, 15) is 14.4 Å². The van der Waals surface area contributed by atoms with E-state index in [4.69, 9.17) is 4.74 Å². The fourth-order valence-electron chi connectivity index (χ4n) is 2.70.